The molecule has 2 bridgehead atoms. The van der Waals surface area contributed by atoms with E-state index in [-0.39, 0.29) is 47.0 Å². The predicted molar refractivity (Wildman–Crippen MR) is 113 cm³/mol. The van der Waals surface area contributed by atoms with Crippen LogP contribution in [-0.2, 0) is 14.4 Å². The number of hydrazone groups is 1. The maximum absolute atomic E-state index is 12.8. The van der Waals surface area contributed by atoms with Crippen molar-refractivity contribution in [2.75, 3.05) is 7.11 Å². The van der Waals surface area contributed by atoms with Crippen molar-refractivity contribution in [2.45, 2.75) is 19.4 Å². The van der Waals surface area contributed by atoms with E-state index in [4.69, 9.17) is 14.6 Å². The van der Waals surface area contributed by atoms with Gasteiger partial charge in [0.2, 0.25) is 0 Å². The van der Waals surface area contributed by atoms with Crippen LogP contribution in [0.25, 0.3) is 0 Å². The Hall–Kier alpha value is -2.20. The van der Waals surface area contributed by atoms with Crippen molar-refractivity contribution < 1.29 is 29.0 Å². The number of allylic oxidation sites excluding steroid dienone is 2. The summed E-state index contributed by atoms with van der Waals surface area (Å²) in [5.74, 6) is -1.57. The molecule has 0 unspecified atom stereocenters. The highest BCUT2D eigenvalue weighted by atomic mass is 79.9. The van der Waals surface area contributed by atoms with E-state index in [0.29, 0.717) is 14.5 Å². The Kier molecular flexibility index (Phi) is 5.48. The quantitative estimate of drug-likeness (QED) is 0.337. The number of imide groups is 1. The molecular formula is C20H18Br2N2O6. The third kappa shape index (κ3) is 3.26. The number of hydrogen-bond donors (Lipinski definition) is 1. The molecule has 0 aromatic heterocycles. The van der Waals surface area contributed by atoms with E-state index in [1.165, 1.54) is 20.2 Å². The lowest BCUT2D eigenvalue weighted by Gasteiger charge is -2.17. The topological polar surface area (TPSA) is 106 Å². The van der Waals surface area contributed by atoms with E-state index in [0.717, 1.165) is 11.4 Å². The number of carbonyl (C=O) groups excluding carboxylic acids is 2. The molecule has 30 heavy (non-hydrogen) atoms. The molecule has 2 fully saturated rings. The maximum Gasteiger partial charge on any atom is 0.344 e. The number of carboxylic acid groups (broad SMARTS) is 1. The van der Waals surface area contributed by atoms with Crippen molar-refractivity contribution in [1.29, 1.82) is 0 Å². The zero-order chi connectivity index (χ0) is 21.7. The minimum absolute atomic E-state index is 0.116. The van der Waals surface area contributed by atoms with Crippen molar-refractivity contribution in [3.8, 4) is 11.5 Å². The Morgan fingerprint density at radius 3 is 2.37 bits per heavy atom. The number of methoxy groups -OCH3 is 1. The molecule has 1 aromatic carbocycles. The molecule has 1 N–H and O–H groups in total. The van der Waals surface area contributed by atoms with E-state index >= 15 is 0 Å². The van der Waals surface area contributed by atoms with Crippen molar-refractivity contribution in [1.82, 2.24) is 5.01 Å². The summed E-state index contributed by atoms with van der Waals surface area (Å²) in [6, 6.07) is 1.58. The summed E-state index contributed by atoms with van der Waals surface area (Å²) in [4.78, 5) is 36.6. The van der Waals surface area contributed by atoms with Crippen molar-refractivity contribution in [3.05, 3.63) is 32.7 Å². The van der Waals surface area contributed by atoms with Crippen molar-refractivity contribution in [3.63, 3.8) is 0 Å². The van der Waals surface area contributed by atoms with Crippen LogP contribution in [0, 0.1) is 23.7 Å². The third-order valence-electron chi connectivity index (χ3n) is 5.78. The lowest BCUT2D eigenvalue weighted by molar-refractivity contribution is -0.144. The molecule has 1 saturated heterocycles. The SMILES string of the molecule is COc1cc(C=NN2C(=O)[C@@H]3[C@H](C2=O)[C@H]2C=C[C@H]3C2)c(Br)c(Br)c1O[C@H](C)C(=O)O. The average Bonchev–Trinajstić information content (AvgIpc) is 3.39. The summed E-state index contributed by atoms with van der Waals surface area (Å²) in [6.45, 7) is 1.40. The standard InChI is InChI=1S/C20H18Br2N2O6/c1-8(20(27)28)30-17-12(29-2)6-11(15(21)16(17)22)7-23-24-18(25)13-9-3-4-10(5-9)14(13)19(24)26/h3-4,6-10,13-14H,5H2,1-2H3,(H,27,28)/t8-,9+,10+,13-,14+/m1/s1. The second kappa shape index (κ2) is 7.81. The second-order valence-corrected chi connectivity index (χ2v) is 9.04. The van der Waals surface area contributed by atoms with Crippen molar-refractivity contribution in [2.24, 2.45) is 28.8 Å². The van der Waals surface area contributed by atoms with Crippen LogP contribution in [0.15, 0.2) is 32.3 Å². The van der Waals surface area contributed by atoms with Crippen LogP contribution in [0.5, 0.6) is 11.5 Å². The van der Waals surface area contributed by atoms with Gasteiger partial charge >= 0.3 is 5.97 Å². The first-order valence-corrected chi connectivity index (χ1v) is 10.9. The highest BCUT2D eigenvalue weighted by molar-refractivity contribution is 9.13. The highest BCUT2D eigenvalue weighted by Gasteiger charge is 2.59. The fourth-order valence-electron chi connectivity index (χ4n) is 4.31. The first-order chi connectivity index (χ1) is 14.2. The first kappa shape index (κ1) is 21.0. The van der Waals surface area contributed by atoms with Gasteiger partial charge in [-0.05, 0) is 63.1 Å². The van der Waals surface area contributed by atoms with E-state index in [1.54, 1.807) is 6.07 Å². The number of carboxylic acids is 1. The van der Waals surface area contributed by atoms with Crippen LogP contribution < -0.4 is 9.47 Å². The molecule has 5 atom stereocenters. The molecule has 4 rings (SSSR count). The summed E-state index contributed by atoms with van der Waals surface area (Å²) in [7, 11) is 1.42. The van der Waals surface area contributed by atoms with Crippen LogP contribution in [0.1, 0.15) is 18.9 Å². The Morgan fingerprint density at radius 2 is 1.83 bits per heavy atom. The Morgan fingerprint density at radius 1 is 1.23 bits per heavy atom. The van der Waals surface area contributed by atoms with E-state index in [1.807, 2.05) is 12.2 Å². The highest BCUT2D eigenvalue weighted by Crippen LogP contribution is 2.52. The van der Waals surface area contributed by atoms with Crippen LogP contribution in [0.4, 0.5) is 0 Å². The summed E-state index contributed by atoms with van der Waals surface area (Å²) in [5.41, 5.74) is 0.521. The molecule has 8 nitrogen and oxygen atoms in total. The molecule has 3 aliphatic rings. The molecule has 1 saturated carbocycles. The second-order valence-electron chi connectivity index (χ2n) is 7.46. The molecular weight excluding hydrogens is 524 g/mol. The van der Waals surface area contributed by atoms with Gasteiger partial charge in [-0.25, -0.2) is 4.79 Å². The fourth-order valence-corrected chi connectivity index (χ4v) is 5.22. The van der Waals surface area contributed by atoms with E-state index in [9.17, 15) is 14.4 Å². The van der Waals surface area contributed by atoms with Crippen LogP contribution in [-0.4, -0.2) is 47.3 Å². The first-order valence-electron chi connectivity index (χ1n) is 9.30. The third-order valence-corrected chi connectivity index (χ3v) is 7.92. The largest absolute Gasteiger partial charge is 0.493 e. The summed E-state index contributed by atoms with van der Waals surface area (Å²) in [5, 5.41) is 14.2. The van der Waals surface area contributed by atoms with Gasteiger partial charge in [-0.2, -0.15) is 10.1 Å². The zero-order valence-corrected chi connectivity index (χ0v) is 19.2. The lowest BCUT2D eigenvalue weighted by Crippen LogP contribution is -2.28. The molecule has 0 radical (unpaired) electrons. The van der Waals surface area contributed by atoms with Gasteiger partial charge in [-0.3, -0.25) is 9.59 Å². The van der Waals surface area contributed by atoms with Gasteiger partial charge in [0.1, 0.15) is 0 Å². The molecule has 1 aliphatic heterocycles. The number of carbonyl (C=O) groups is 3. The summed E-state index contributed by atoms with van der Waals surface area (Å²) < 4.78 is 11.8. The van der Waals surface area contributed by atoms with Gasteiger partial charge in [0.05, 0.1) is 29.6 Å². The minimum Gasteiger partial charge on any atom is -0.493 e. The van der Waals surface area contributed by atoms with Crippen molar-refractivity contribution >= 4 is 55.9 Å². The lowest BCUT2D eigenvalue weighted by atomic mass is 9.85. The summed E-state index contributed by atoms with van der Waals surface area (Å²) >= 11 is 6.80. The number of nitrogens with zero attached hydrogens (tertiary/aromatic N) is 2. The Balaban J connectivity index is 1.61. The number of fused-ring (bicyclic) bond motifs is 5. The average molecular weight is 542 g/mol. The van der Waals surface area contributed by atoms with Gasteiger partial charge < -0.3 is 14.6 Å². The Labute approximate surface area is 189 Å². The van der Waals surface area contributed by atoms with Crippen LogP contribution in [0.2, 0.25) is 0 Å². The Bertz CT molecular complexity index is 978. The number of benzene rings is 1. The number of amides is 2. The number of rotatable bonds is 6. The van der Waals surface area contributed by atoms with E-state index < -0.39 is 12.1 Å². The number of hydrogen-bond acceptors (Lipinski definition) is 6. The maximum atomic E-state index is 12.8. The summed E-state index contributed by atoms with van der Waals surface area (Å²) in [6.07, 6.45) is 5.22. The van der Waals surface area contributed by atoms with Gasteiger partial charge in [0.25, 0.3) is 11.8 Å². The molecule has 1 aromatic rings. The fraction of sp³-hybridized carbons (Fsp3) is 0.400. The number of halogens is 2. The molecule has 1 heterocycles. The smallest absolute Gasteiger partial charge is 0.344 e. The van der Waals surface area contributed by atoms with Gasteiger partial charge in [0.15, 0.2) is 17.6 Å². The normalized spacial score (nSPS) is 27.8. The molecule has 2 amide bonds. The van der Waals surface area contributed by atoms with Gasteiger partial charge in [-0.1, -0.05) is 12.2 Å². The predicted octanol–water partition coefficient (Wildman–Crippen LogP) is 3.21. The van der Waals surface area contributed by atoms with Crippen LogP contribution >= 0.6 is 31.9 Å². The number of ether oxygens (including phenoxy) is 2. The molecule has 0 spiro atoms. The molecule has 10 heteroatoms. The zero-order valence-electron chi connectivity index (χ0n) is 16.0. The van der Waals surface area contributed by atoms with Gasteiger partial charge in [-0.15, -0.1) is 0 Å². The minimum atomic E-state index is -1.12. The monoisotopic (exact) mass is 540 g/mol. The molecule has 2 aliphatic carbocycles. The van der Waals surface area contributed by atoms with E-state index in [2.05, 4.69) is 37.0 Å². The van der Waals surface area contributed by atoms with Gasteiger partial charge in [0, 0.05) is 10.0 Å². The molecule has 158 valence electrons. The van der Waals surface area contributed by atoms with Crippen LogP contribution in [0.3, 0.4) is 0 Å². The number of aliphatic carboxylic acids is 1.